The van der Waals surface area contributed by atoms with Crippen molar-refractivity contribution in [2.24, 2.45) is 11.8 Å². The summed E-state index contributed by atoms with van der Waals surface area (Å²) >= 11 is 6.25. The highest BCUT2D eigenvalue weighted by Crippen LogP contribution is 2.33. The second-order valence-corrected chi connectivity index (χ2v) is 10.6. The maximum absolute atomic E-state index is 13.9. The van der Waals surface area contributed by atoms with E-state index in [2.05, 4.69) is 20.8 Å². The molecule has 1 aromatic heterocycles. The largest absolute Gasteiger partial charge is 0.332 e. The number of para-hydroxylation sites is 1. The summed E-state index contributed by atoms with van der Waals surface area (Å²) in [5.74, 6) is 1.36. The minimum absolute atomic E-state index is 0.0640. The monoisotopic (exact) mass is 493 g/mol. The molecule has 0 bridgehead atoms. The standard InChI is InChI=1S/C29H36ClN3O2/c1-5-25(32(17-16-19(2)3)28(34)21-10-6-7-11-21)27-31-24-13-9-8-12-23(24)29(35)33(27)26-15-14-22(30)18-20(26)4/h8-9,12-15,18-19,21,25H,5-7,10-11,16-17H2,1-4H3. The number of carbonyl (C=O) groups excluding carboxylic acids is 1. The second kappa shape index (κ2) is 10.9. The van der Waals surface area contributed by atoms with Crippen LogP contribution in [-0.2, 0) is 4.79 Å². The third-order valence-corrected chi connectivity index (χ3v) is 7.43. The van der Waals surface area contributed by atoms with E-state index in [1.807, 2.05) is 48.2 Å². The van der Waals surface area contributed by atoms with E-state index in [9.17, 15) is 9.59 Å². The third-order valence-electron chi connectivity index (χ3n) is 7.20. The van der Waals surface area contributed by atoms with Gasteiger partial charge in [-0.25, -0.2) is 4.98 Å². The van der Waals surface area contributed by atoms with E-state index in [-0.39, 0.29) is 23.4 Å². The number of hydrogen-bond donors (Lipinski definition) is 0. The summed E-state index contributed by atoms with van der Waals surface area (Å²) < 4.78 is 1.71. The van der Waals surface area contributed by atoms with Gasteiger partial charge in [0.05, 0.1) is 22.6 Å². The van der Waals surface area contributed by atoms with E-state index in [4.69, 9.17) is 16.6 Å². The van der Waals surface area contributed by atoms with Crippen molar-refractivity contribution >= 4 is 28.4 Å². The van der Waals surface area contributed by atoms with Crippen LogP contribution in [0.25, 0.3) is 16.6 Å². The highest BCUT2D eigenvalue weighted by molar-refractivity contribution is 6.30. The Labute approximate surface area is 213 Å². The van der Waals surface area contributed by atoms with Crippen molar-refractivity contribution in [1.29, 1.82) is 0 Å². The molecule has 3 aromatic rings. The molecule has 1 heterocycles. The van der Waals surface area contributed by atoms with Crippen LogP contribution in [-0.4, -0.2) is 26.9 Å². The van der Waals surface area contributed by atoms with Crippen LogP contribution in [0.1, 0.15) is 76.7 Å². The van der Waals surface area contributed by atoms with E-state index in [1.165, 1.54) is 0 Å². The van der Waals surface area contributed by atoms with Gasteiger partial charge in [0.2, 0.25) is 5.91 Å². The van der Waals surface area contributed by atoms with Crippen molar-refractivity contribution in [1.82, 2.24) is 14.5 Å². The summed E-state index contributed by atoms with van der Waals surface area (Å²) in [5.41, 5.74) is 2.18. The molecule has 35 heavy (non-hydrogen) atoms. The van der Waals surface area contributed by atoms with Crippen molar-refractivity contribution in [3.63, 3.8) is 0 Å². The van der Waals surface area contributed by atoms with Crippen molar-refractivity contribution in [2.45, 2.75) is 72.3 Å². The highest BCUT2D eigenvalue weighted by atomic mass is 35.5. The summed E-state index contributed by atoms with van der Waals surface area (Å²) in [6, 6.07) is 12.7. The molecule has 1 saturated carbocycles. The lowest BCUT2D eigenvalue weighted by molar-refractivity contribution is -0.138. The van der Waals surface area contributed by atoms with E-state index in [0.29, 0.717) is 40.6 Å². The molecule has 0 aliphatic heterocycles. The molecule has 1 fully saturated rings. The van der Waals surface area contributed by atoms with Gasteiger partial charge in [-0.15, -0.1) is 0 Å². The maximum Gasteiger partial charge on any atom is 0.266 e. The van der Waals surface area contributed by atoms with Gasteiger partial charge in [0.25, 0.3) is 5.56 Å². The van der Waals surface area contributed by atoms with Crippen LogP contribution in [0.2, 0.25) is 5.02 Å². The number of fused-ring (bicyclic) bond motifs is 1. The fourth-order valence-corrected chi connectivity index (χ4v) is 5.47. The summed E-state index contributed by atoms with van der Waals surface area (Å²) in [7, 11) is 0. The molecular weight excluding hydrogens is 458 g/mol. The van der Waals surface area contributed by atoms with E-state index in [0.717, 1.165) is 43.4 Å². The molecule has 0 spiro atoms. The van der Waals surface area contributed by atoms with Crippen LogP contribution in [0, 0.1) is 18.8 Å². The summed E-state index contributed by atoms with van der Waals surface area (Å²) in [5, 5.41) is 1.19. The van der Waals surface area contributed by atoms with Gasteiger partial charge in [-0.05, 0) is 74.4 Å². The zero-order chi connectivity index (χ0) is 25.1. The maximum atomic E-state index is 13.9. The highest BCUT2D eigenvalue weighted by Gasteiger charge is 2.34. The molecule has 1 amide bonds. The average molecular weight is 494 g/mol. The number of aryl methyl sites for hydroxylation is 1. The molecule has 4 rings (SSSR count). The molecule has 1 aliphatic rings. The first kappa shape index (κ1) is 25.4. The van der Waals surface area contributed by atoms with Crippen LogP contribution >= 0.6 is 11.6 Å². The van der Waals surface area contributed by atoms with Crippen LogP contribution in [0.15, 0.2) is 47.3 Å². The van der Waals surface area contributed by atoms with Crippen molar-refractivity contribution in [3.05, 3.63) is 69.2 Å². The molecule has 0 N–H and O–H groups in total. The van der Waals surface area contributed by atoms with E-state index in [1.54, 1.807) is 10.6 Å². The number of nitrogens with zero attached hydrogens (tertiary/aromatic N) is 3. The van der Waals surface area contributed by atoms with Gasteiger partial charge in [-0.2, -0.15) is 0 Å². The third kappa shape index (κ3) is 5.30. The van der Waals surface area contributed by atoms with Gasteiger partial charge in [0, 0.05) is 17.5 Å². The Morgan fingerprint density at radius 1 is 1.17 bits per heavy atom. The van der Waals surface area contributed by atoms with Crippen LogP contribution < -0.4 is 5.56 Å². The number of rotatable bonds is 8. The minimum atomic E-state index is -0.297. The lowest BCUT2D eigenvalue weighted by Crippen LogP contribution is -2.42. The predicted octanol–water partition coefficient (Wildman–Crippen LogP) is 6.86. The van der Waals surface area contributed by atoms with Gasteiger partial charge in [0.1, 0.15) is 5.82 Å². The Morgan fingerprint density at radius 3 is 2.54 bits per heavy atom. The summed E-state index contributed by atoms with van der Waals surface area (Å²) in [6.45, 7) is 9.05. The first-order chi connectivity index (χ1) is 16.8. The SMILES string of the molecule is CCC(c1nc2ccccc2c(=O)n1-c1ccc(Cl)cc1C)N(CCC(C)C)C(=O)C1CCCC1. The smallest absolute Gasteiger partial charge is 0.266 e. The molecule has 1 atom stereocenters. The number of aromatic nitrogens is 2. The first-order valence-corrected chi connectivity index (χ1v) is 13.3. The molecule has 5 nitrogen and oxygen atoms in total. The molecular formula is C29H36ClN3O2. The number of amides is 1. The number of hydrogen-bond acceptors (Lipinski definition) is 3. The van der Waals surface area contributed by atoms with Crippen molar-refractivity contribution < 1.29 is 4.79 Å². The quantitative estimate of drug-likeness (QED) is 0.344. The number of benzene rings is 2. The van der Waals surface area contributed by atoms with Gasteiger partial charge in [-0.1, -0.05) is 57.3 Å². The van der Waals surface area contributed by atoms with E-state index >= 15 is 0 Å². The molecule has 186 valence electrons. The molecule has 1 unspecified atom stereocenters. The van der Waals surface area contributed by atoms with Crippen LogP contribution in [0.5, 0.6) is 0 Å². The Hall–Kier alpha value is -2.66. The molecule has 0 radical (unpaired) electrons. The molecule has 0 saturated heterocycles. The summed E-state index contributed by atoms with van der Waals surface area (Å²) in [6.07, 6.45) is 5.69. The van der Waals surface area contributed by atoms with Gasteiger partial charge >= 0.3 is 0 Å². The van der Waals surface area contributed by atoms with Crippen LogP contribution in [0.4, 0.5) is 0 Å². The summed E-state index contributed by atoms with van der Waals surface area (Å²) in [4.78, 5) is 34.8. The van der Waals surface area contributed by atoms with Gasteiger partial charge in [0.15, 0.2) is 0 Å². The van der Waals surface area contributed by atoms with Gasteiger partial charge < -0.3 is 4.90 Å². The number of halogens is 1. The lowest BCUT2D eigenvalue weighted by Gasteiger charge is -2.34. The average Bonchev–Trinajstić information content (AvgIpc) is 3.37. The fraction of sp³-hybridized carbons (Fsp3) is 0.483. The minimum Gasteiger partial charge on any atom is -0.332 e. The molecule has 6 heteroatoms. The van der Waals surface area contributed by atoms with Crippen molar-refractivity contribution in [2.75, 3.05) is 6.54 Å². The molecule has 1 aliphatic carbocycles. The normalized spacial score (nSPS) is 15.1. The Morgan fingerprint density at radius 2 is 1.89 bits per heavy atom. The second-order valence-electron chi connectivity index (χ2n) is 10.2. The topological polar surface area (TPSA) is 55.2 Å². The molecule has 2 aromatic carbocycles. The lowest BCUT2D eigenvalue weighted by atomic mass is 10.0. The zero-order valence-corrected chi connectivity index (χ0v) is 22.0. The van der Waals surface area contributed by atoms with E-state index < -0.39 is 0 Å². The fourth-order valence-electron chi connectivity index (χ4n) is 5.24. The Balaban J connectivity index is 1.93. The Bertz CT molecular complexity index is 1260. The Kier molecular flexibility index (Phi) is 7.95. The first-order valence-electron chi connectivity index (χ1n) is 12.9. The van der Waals surface area contributed by atoms with Crippen molar-refractivity contribution in [3.8, 4) is 5.69 Å². The zero-order valence-electron chi connectivity index (χ0n) is 21.3. The van der Waals surface area contributed by atoms with Crippen LogP contribution in [0.3, 0.4) is 0 Å². The van der Waals surface area contributed by atoms with Gasteiger partial charge in [-0.3, -0.25) is 14.2 Å². The predicted molar refractivity (Wildman–Crippen MR) is 143 cm³/mol. The number of carbonyl (C=O) groups is 1.